The van der Waals surface area contributed by atoms with Crippen molar-refractivity contribution in [2.24, 2.45) is 11.3 Å². The highest BCUT2D eigenvalue weighted by molar-refractivity contribution is 6.30. The molecule has 2 atom stereocenters. The maximum absolute atomic E-state index is 13.0. The highest BCUT2D eigenvalue weighted by atomic mass is 35.5. The maximum atomic E-state index is 13.0. The van der Waals surface area contributed by atoms with Crippen molar-refractivity contribution >= 4 is 17.7 Å². The maximum Gasteiger partial charge on any atom is 0.407 e. The van der Waals surface area contributed by atoms with E-state index in [0.29, 0.717) is 5.92 Å². The van der Waals surface area contributed by atoms with Gasteiger partial charge in [0.25, 0.3) is 0 Å². The fraction of sp³-hybridized carbons (Fsp3) is 0.500. The summed E-state index contributed by atoms with van der Waals surface area (Å²) in [4.78, 5) is 15.4. The Morgan fingerprint density at radius 3 is 2.45 bits per heavy atom. The smallest absolute Gasteiger partial charge is 0.407 e. The Kier molecular flexibility index (Phi) is 4.77. The van der Waals surface area contributed by atoms with Gasteiger partial charge in [-0.15, -0.1) is 0 Å². The minimum Gasteiger partial charge on any atom is -0.445 e. The molecule has 1 unspecified atom stereocenters. The number of hydrogen-bond acceptors (Lipinski definition) is 3. The molecule has 2 bridgehead atoms. The molecule has 1 saturated carbocycles. The summed E-state index contributed by atoms with van der Waals surface area (Å²) < 4.78 is 5.99. The van der Waals surface area contributed by atoms with Gasteiger partial charge in [-0.05, 0) is 103 Å². The van der Waals surface area contributed by atoms with Crippen LogP contribution in [0.4, 0.5) is 4.79 Å². The molecule has 3 heterocycles. The summed E-state index contributed by atoms with van der Waals surface area (Å²) in [6.45, 7) is 3.20. The van der Waals surface area contributed by atoms with E-state index in [2.05, 4.69) is 40.5 Å². The number of halogens is 1. The quantitative estimate of drug-likeness (QED) is 0.681. The Hall–Kier alpha value is -2.04. The number of hydrogen-bond donors (Lipinski definition) is 1. The summed E-state index contributed by atoms with van der Waals surface area (Å²) in [5.41, 5.74) is 5.15. The third-order valence-corrected chi connectivity index (χ3v) is 8.40. The Labute approximate surface area is 188 Å². The molecule has 2 aromatic carbocycles. The highest BCUT2D eigenvalue weighted by Crippen LogP contribution is 2.61. The fourth-order valence-corrected chi connectivity index (χ4v) is 6.16. The lowest BCUT2D eigenvalue weighted by molar-refractivity contribution is -0.0347. The standard InChI is InChI=1S/C26H29ClN2O2/c27-21-5-3-17(4-6-21)20-2-1-18-7-10-26(11-12-26)24(22(18)15-20)28-25(30)31-23-16-29-13-8-19(23)9-14-29/h1-6,15,19,23-24H,7-14,16H2,(H,28,30)/t23-,24?/m1/s1. The summed E-state index contributed by atoms with van der Waals surface area (Å²) >= 11 is 6.08. The Morgan fingerprint density at radius 1 is 1.03 bits per heavy atom. The van der Waals surface area contributed by atoms with Gasteiger partial charge in [-0.2, -0.15) is 0 Å². The number of piperidine rings is 3. The van der Waals surface area contributed by atoms with Gasteiger partial charge in [0.1, 0.15) is 6.10 Å². The first kappa shape index (κ1) is 19.6. The van der Waals surface area contributed by atoms with E-state index in [9.17, 15) is 4.79 Å². The zero-order valence-electron chi connectivity index (χ0n) is 17.8. The first-order valence-corrected chi connectivity index (χ1v) is 12.1. The van der Waals surface area contributed by atoms with Gasteiger partial charge in [0.05, 0.1) is 6.04 Å². The molecule has 31 heavy (non-hydrogen) atoms. The Morgan fingerprint density at radius 2 is 1.77 bits per heavy atom. The summed E-state index contributed by atoms with van der Waals surface area (Å²) in [6.07, 6.45) is 6.71. The van der Waals surface area contributed by atoms with Crippen LogP contribution in [0.25, 0.3) is 11.1 Å². The van der Waals surface area contributed by atoms with E-state index >= 15 is 0 Å². The number of benzene rings is 2. The number of carbonyl (C=O) groups is 1. The summed E-state index contributed by atoms with van der Waals surface area (Å²) in [5, 5.41) is 4.07. The van der Waals surface area contributed by atoms with E-state index < -0.39 is 0 Å². The van der Waals surface area contributed by atoms with E-state index in [-0.39, 0.29) is 23.7 Å². The normalized spacial score (nSPS) is 30.0. The average molecular weight is 437 g/mol. The molecule has 1 N–H and O–H groups in total. The number of aryl methyl sites for hydroxylation is 1. The van der Waals surface area contributed by atoms with Crippen molar-refractivity contribution in [1.29, 1.82) is 0 Å². The average Bonchev–Trinajstić information content (AvgIpc) is 3.57. The van der Waals surface area contributed by atoms with E-state index in [1.807, 2.05) is 12.1 Å². The topological polar surface area (TPSA) is 41.6 Å². The molecule has 2 aromatic rings. The molecule has 7 rings (SSSR count). The van der Waals surface area contributed by atoms with E-state index in [4.69, 9.17) is 16.3 Å². The zero-order valence-corrected chi connectivity index (χ0v) is 18.5. The van der Waals surface area contributed by atoms with Gasteiger partial charge in [-0.3, -0.25) is 4.90 Å². The molecular formula is C26H29ClN2O2. The largest absolute Gasteiger partial charge is 0.445 e. The van der Waals surface area contributed by atoms with Crippen LogP contribution in [-0.4, -0.2) is 36.7 Å². The van der Waals surface area contributed by atoms with Gasteiger partial charge in [-0.1, -0.05) is 35.9 Å². The van der Waals surface area contributed by atoms with Crippen LogP contribution >= 0.6 is 11.6 Å². The molecule has 0 radical (unpaired) electrons. The van der Waals surface area contributed by atoms with Crippen LogP contribution in [0, 0.1) is 11.3 Å². The van der Waals surface area contributed by atoms with Crippen LogP contribution in [0.5, 0.6) is 0 Å². The molecule has 3 saturated heterocycles. The second kappa shape index (κ2) is 7.53. The van der Waals surface area contributed by atoms with E-state index in [0.717, 1.165) is 55.9 Å². The number of carbonyl (C=O) groups excluding carboxylic acids is 1. The lowest BCUT2D eigenvalue weighted by Gasteiger charge is -2.44. The van der Waals surface area contributed by atoms with Crippen molar-refractivity contribution in [3.8, 4) is 11.1 Å². The third kappa shape index (κ3) is 3.64. The predicted octanol–water partition coefficient (Wildman–Crippen LogP) is 5.59. The second-order valence-corrected chi connectivity index (χ2v) is 10.4. The molecule has 3 aliphatic heterocycles. The van der Waals surface area contributed by atoms with Crippen molar-refractivity contribution in [3.05, 3.63) is 58.6 Å². The number of fused-ring (bicyclic) bond motifs is 4. The fourth-order valence-electron chi connectivity index (χ4n) is 6.03. The third-order valence-electron chi connectivity index (χ3n) is 8.15. The van der Waals surface area contributed by atoms with Gasteiger partial charge in [0, 0.05) is 11.6 Å². The van der Waals surface area contributed by atoms with Crippen molar-refractivity contribution in [2.75, 3.05) is 19.6 Å². The lowest BCUT2D eigenvalue weighted by Crippen LogP contribution is -2.53. The monoisotopic (exact) mass is 436 g/mol. The SMILES string of the molecule is O=C(NC1c2cc(-c3ccc(Cl)cc3)ccc2CCC12CC2)O[C@@H]1CN2CCC1CC2. The van der Waals surface area contributed by atoms with Crippen LogP contribution in [0.3, 0.4) is 0 Å². The van der Waals surface area contributed by atoms with Crippen LogP contribution in [-0.2, 0) is 11.2 Å². The first-order valence-electron chi connectivity index (χ1n) is 11.7. The van der Waals surface area contributed by atoms with Crippen LogP contribution in [0.15, 0.2) is 42.5 Å². The lowest BCUT2D eigenvalue weighted by atomic mass is 9.76. The van der Waals surface area contributed by atoms with Crippen molar-refractivity contribution in [2.45, 2.75) is 50.7 Å². The van der Waals surface area contributed by atoms with E-state index in [1.165, 1.54) is 29.5 Å². The second-order valence-electron chi connectivity index (χ2n) is 9.94. The van der Waals surface area contributed by atoms with Crippen molar-refractivity contribution in [3.63, 3.8) is 0 Å². The number of nitrogens with one attached hydrogen (secondary N) is 1. The molecule has 1 amide bonds. The number of nitrogens with zero attached hydrogens (tertiary/aromatic N) is 1. The Balaban J connectivity index is 1.25. The number of alkyl carbamates (subject to hydrolysis) is 1. The van der Waals surface area contributed by atoms with Crippen molar-refractivity contribution < 1.29 is 9.53 Å². The molecule has 4 nitrogen and oxygen atoms in total. The van der Waals surface area contributed by atoms with Gasteiger partial charge in [0.15, 0.2) is 0 Å². The van der Waals surface area contributed by atoms with E-state index in [1.54, 1.807) is 0 Å². The molecular weight excluding hydrogens is 408 g/mol. The van der Waals surface area contributed by atoms with Gasteiger partial charge >= 0.3 is 6.09 Å². The number of amides is 1. The molecule has 2 aliphatic carbocycles. The molecule has 4 fully saturated rings. The highest BCUT2D eigenvalue weighted by Gasteiger charge is 2.53. The minimum atomic E-state index is -0.236. The summed E-state index contributed by atoms with van der Waals surface area (Å²) in [6, 6.07) is 14.7. The molecule has 162 valence electrons. The summed E-state index contributed by atoms with van der Waals surface area (Å²) in [5.74, 6) is 0.529. The zero-order chi connectivity index (χ0) is 21.0. The van der Waals surface area contributed by atoms with Gasteiger partial charge in [0.2, 0.25) is 0 Å². The molecule has 5 heteroatoms. The van der Waals surface area contributed by atoms with Crippen LogP contribution in [0.2, 0.25) is 5.02 Å². The minimum absolute atomic E-state index is 0.0390. The Bertz CT molecular complexity index is 993. The first-order chi connectivity index (χ1) is 15.1. The van der Waals surface area contributed by atoms with Crippen LogP contribution in [0.1, 0.15) is 49.3 Å². The summed E-state index contributed by atoms with van der Waals surface area (Å²) in [7, 11) is 0. The molecule has 1 spiro atoms. The van der Waals surface area contributed by atoms with Crippen LogP contribution < -0.4 is 5.32 Å². The van der Waals surface area contributed by atoms with Gasteiger partial charge < -0.3 is 10.1 Å². The molecule has 0 aromatic heterocycles. The number of ether oxygens (including phenoxy) is 1. The van der Waals surface area contributed by atoms with Crippen molar-refractivity contribution in [1.82, 2.24) is 10.2 Å². The predicted molar refractivity (Wildman–Crippen MR) is 122 cm³/mol. The molecule has 5 aliphatic rings. The number of rotatable bonds is 3. The van der Waals surface area contributed by atoms with Gasteiger partial charge in [-0.25, -0.2) is 4.79 Å².